The zero-order valence-electron chi connectivity index (χ0n) is 8.86. The van der Waals surface area contributed by atoms with E-state index >= 15 is 0 Å². The van der Waals surface area contributed by atoms with Crippen molar-refractivity contribution in [2.45, 2.75) is 6.54 Å². The number of nitrogens with zero attached hydrogens (tertiary/aromatic N) is 1. The number of anilines is 1. The highest BCUT2D eigenvalue weighted by molar-refractivity contribution is 5.34. The van der Waals surface area contributed by atoms with Crippen LogP contribution >= 0.6 is 0 Å². The van der Waals surface area contributed by atoms with Gasteiger partial charge >= 0.3 is 0 Å². The Bertz CT molecular complexity index is 587. The van der Waals surface area contributed by atoms with Crippen molar-refractivity contribution in [2.75, 3.05) is 5.73 Å². The van der Waals surface area contributed by atoms with Crippen molar-refractivity contribution in [3.8, 4) is 0 Å². The molecule has 0 spiro atoms. The molecule has 5 heteroatoms. The molecule has 2 aromatic rings. The molecule has 0 fully saturated rings. The Kier molecular flexibility index (Phi) is 2.91. The molecule has 0 aliphatic heterocycles. The van der Waals surface area contributed by atoms with Crippen molar-refractivity contribution in [3.05, 3.63) is 64.1 Å². The van der Waals surface area contributed by atoms with Gasteiger partial charge in [-0.3, -0.25) is 4.79 Å². The fraction of sp³-hybridized carbons (Fsp3) is 0.0833. The third-order valence-electron chi connectivity index (χ3n) is 2.44. The molecule has 0 amide bonds. The average molecular weight is 236 g/mol. The zero-order valence-corrected chi connectivity index (χ0v) is 8.86. The minimum atomic E-state index is -0.681. The monoisotopic (exact) mass is 236 g/mol. The lowest BCUT2D eigenvalue weighted by Gasteiger charge is -2.08. The molecule has 0 aliphatic rings. The van der Waals surface area contributed by atoms with Gasteiger partial charge in [-0.2, -0.15) is 0 Å². The van der Waals surface area contributed by atoms with Crippen LogP contribution in [0, 0.1) is 11.6 Å². The lowest BCUT2D eigenvalue weighted by atomic mass is 10.2. The fourth-order valence-electron chi connectivity index (χ4n) is 1.53. The van der Waals surface area contributed by atoms with Crippen LogP contribution in [0.15, 0.2) is 41.3 Å². The molecule has 0 saturated carbocycles. The highest BCUT2D eigenvalue weighted by Gasteiger charge is 2.10. The van der Waals surface area contributed by atoms with E-state index in [-0.39, 0.29) is 17.8 Å². The molecule has 0 saturated heterocycles. The number of aromatic nitrogens is 1. The summed E-state index contributed by atoms with van der Waals surface area (Å²) >= 11 is 0. The Labute approximate surface area is 96.1 Å². The lowest BCUT2D eigenvalue weighted by Crippen LogP contribution is -2.23. The van der Waals surface area contributed by atoms with Crippen LogP contribution in [0.25, 0.3) is 0 Å². The van der Waals surface area contributed by atoms with E-state index in [0.717, 1.165) is 16.7 Å². The van der Waals surface area contributed by atoms with Crippen LogP contribution in [0.1, 0.15) is 5.56 Å². The molecule has 0 radical (unpaired) electrons. The number of nitrogens with two attached hydrogens (primary N) is 1. The lowest BCUT2D eigenvalue weighted by molar-refractivity contribution is 0.542. The summed E-state index contributed by atoms with van der Waals surface area (Å²) in [6.45, 7) is -0.178. The fourth-order valence-corrected chi connectivity index (χ4v) is 1.53. The predicted octanol–water partition coefficient (Wildman–Crippen LogP) is 1.76. The van der Waals surface area contributed by atoms with E-state index < -0.39 is 17.2 Å². The van der Waals surface area contributed by atoms with Crippen LogP contribution in [0.3, 0.4) is 0 Å². The molecular weight excluding hydrogens is 226 g/mol. The van der Waals surface area contributed by atoms with Crippen LogP contribution in [-0.4, -0.2) is 4.57 Å². The smallest absolute Gasteiger partial charge is 0.273 e. The van der Waals surface area contributed by atoms with Crippen LogP contribution in [0.5, 0.6) is 0 Å². The van der Waals surface area contributed by atoms with E-state index in [0.29, 0.717) is 0 Å². The SMILES string of the molecule is Nc1cccn(Cc2c(F)cccc2F)c1=O. The molecule has 0 bridgehead atoms. The molecule has 3 nitrogen and oxygen atoms in total. The molecule has 88 valence electrons. The Hall–Kier alpha value is -2.17. The summed E-state index contributed by atoms with van der Waals surface area (Å²) in [5.74, 6) is -1.36. The molecule has 1 aromatic carbocycles. The maximum absolute atomic E-state index is 13.4. The highest BCUT2D eigenvalue weighted by atomic mass is 19.1. The zero-order chi connectivity index (χ0) is 12.4. The van der Waals surface area contributed by atoms with Crippen molar-refractivity contribution in [1.82, 2.24) is 4.57 Å². The number of rotatable bonds is 2. The minimum Gasteiger partial charge on any atom is -0.394 e. The highest BCUT2D eigenvalue weighted by Crippen LogP contribution is 2.12. The molecule has 0 unspecified atom stereocenters. The van der Waals surface area contributed by atoms with E-state index in [9.17, 15) is 13.6 Å². The Morgan fingerprint density at radius 2 is 1.76 bits per heavy atom. The number of benzene rings is 1. The number of halogens is 2. The third-order valence-corrected chi connectivity index (χ3v) is 2.44. The molecule has 0 aliphatic carbocycles. The van der Waals surface area contributed by atoms with Crippen molar-refractivity contribution >= 4 is 5.69 Å². The minimum absolute atomic E-state index is 0.0456. The third kappa shape index (κ3) is 2.18. The number of pyridine rings is 1. The predicted molar refractivity (Wildman–Crippen MR) is 60.6 cm³/mol. The van der Waals surface area contributed by atoms with Gasteiger partial charge in [-0.1, -0.05) is 6.07 Å². The Morgan fingerprint density at radius 3 is 2.41 bits per heavy atom. The van der Waals surface area contributed by atoms with E-state index in [1.165, 1.54) is 18.3 Å². The van der Waals surface area contributed by atoms with Crippen LogP contribution in [0.4, 0.5) is 14.5 Å². The Balaban J connectivity index is 2.45. The molecule has 1 aromatic heterocycles. The van der Waals surface area contributed by atoms with Gasteiger partial charge in [-0.15, -0.1) is 0 Å². The van der Waals surface area contributed by atoms with Gasteiger partial charge in [0.25, 0.3) is 5.56 Å². The largest absolute Gasteiger partial charge is 0.394 e. The maximum atomic E-state index is 13.4. The van der Waals surface area contributed by atoms with Crippen LogP contribution in [-0.2, 0) is 6.54 Å². The summed E-state index contributed by atoms with van der Waals surface area (Å²) < 4.78 is 27.9. The first-order valence-corrected chi connectivity index (χ1v) is 4.97. The van der Waals surface area contributed by atoms with Crippen LogP contribution < -0.4 is 11.3 Å². The van der Waals surface area contributed by atoms with Gasteiger partial charge in [0.15, 0.2) is 0 Å². The normalized spacial score (nSPS) is 10.5. The van der Waals surface area contributed by atoms with E-state index in [1.807, 2.05) is 0 Å². The number of hydrogen-bond acceptors (Lipinski definition) is 2. The summed E-state index contributed by atoms with van der Waals surface area (Å²) in [5.41, 5.74) is 4.86. The average Bonchev–Trinajstić information content (AvgIpc) is 2.29. The van der Waals surface area contributed by atoms with Crippen LogP contribution in [0.2, 0.25) is 0 Å². The van der Waals surface area contributed by atoms with E-state index in [4.69, 9.17) is 5.73 Å². The summed E-state index contributed by atoms with van der Waals surface area (Å²) in [6.07, 6.45) is 1.44. The van der Waals surface area contributed by atoms with E-state index in [1.54, 1.807) is 6.07 Å². The van der Waals surface area contributed by atoms with Crippen molar-refractivity contribution < 1.29 is 8.78 Å². The second-order valence-electron chi connectivity index (χ2n) is 3.60. The summed E-state index contributed by atoms with van der Waals surface area (Å²) in [4.78, 5) is 11.6. The first-order chi connectivity index (χ1) is 8.09. The molecule has 17 heavy (non-hydrogen) atoms. The molecule has 2 N–H and O–H groups in total. The maximum Gasteiger partial charge on any atom is 0.273 e. The summed E-state index contributed by atoms with van der Waals surface area (Å²) in [6, 6.07) is 6.56. The van der Waals surface area contributed by atoms with Gasteiger partial charge in [0.05, 0.1) is 12.2 Å². The standard InChI is InChI=1S/C12H10F2N2O/c13-9-3-1-4-10(14)8(9)7-16-6-2-5-11(15)12(16)17/h1-6H,7,15H2. The number of nitrogen functional groups attached to an aromatic ring is 1. The van der Waals surface area contributed by atoms with Gasteiger partial charge in [0, 0.05) is 11.8 Å². The number of hydrogen-bond donors (Lipinski definition) is 1. The molecule has 1 heterocycles. The van der Waals surface area contributed by atoms with Gasteiger partial charge in [-0.05, 0) is 24.3 Å². The first-order valence-electron chi connectivity index (χ1n) is 4.97. The van der Waals surface area contributed by atoms with Crippen molar-refractivity contribution in [2.24, 2.45) is 0 Å². The van der Waals surface area contributed by atoms with E-state index in [2.05, 4.69) is 0 Å². The van der Waals surface area contributed by atoms with Crippen molar-refractivity contribution in [3.63, 3.8) is 0 Å². The molecule has 0 atom stereocenters. The molecule has 2 rings (SSSR count). The molecular formula is C12H10F2N2O. The second-order valence-corrected chi connectivity index (χ2v) is 3.60. The van der Waals surface area contributed by atoms with Gasteiger partial charge < -0.3 is 10.3 Å². The topological polar surface area (TPSA) is 48.0 Å². The Morgan fingerprint density at radius 1 is 1.12 bits per heavy atom. The second kappa shape index (κ2) is 4.37. The van der Waals surface area contributed by atoms with Gasteiger partial charge in [-0.25, -0.2) is 8.78 Å². The summed E-state index contributed by atoms with van der Waals surface area (Å²) in [7, 11) is 0. The first kappa shape index (κ1) is 11.3. The quantitative estimate of drug-likeness (QED) is 0.863. The van der Waals surface area contributed by atoms with Gasteiger partial charge in [0.1, 0.15) is 11.6 Å². The summed E-state index contributed by atoms with van der Waals surface area (Å²) in [5, 5.41) is 0. The van der Waals surface area contributed by atoms with Crippen molar-refractivity contribution in [1.29, 1.82) is 0 Å². The van der Waals surface area contributed by atoms with Gasteiger partial charge in [0.2, 0.25) is 0 Å².